The molecule has 0 aliphatic carbocycles. The molecule has 3 aromatic rings. The quantitative estimate of drug-likeness (QED) is 0.554. The Bertz CT molecular complexity index is 938. The van der Waals surface area contributed by atoms with Gasteiger partial charge in [0.2, 0.25) is 0 Å². The van der Waals surface area contributed by atoms with Gasteiger partial charge in [-0.3, -0.25) is 25.4 Å². The van der Waals surface area contributed by atoms with Crippen LogP contribution < -0.4 is 5.49 Å². The molecule has 0 saturated heterocycles. The lowest BCUT2D eigenvalue weighted by Gasteiger charge is -2.17. The summed E-state index contributed by atoms with van der Waals surface area (Å²) in [5.41, 5.74) is 2.79. The molecule has 0 radical (unpaired) electrons. The standard InChI is InChI=1S/C18H21N7/c1-3-6-16-15(23-11-17(20)25(16)13(2)19)12-24-10-9-22-18(24)14-7-4-5-8-21-14/h4-5,7-11,19-20H,3,6,12H2,1-2H3. The summed E-state index contributed by atoms with van der Waals surface area (Å²) in [6.07, 6.45) is 8.58. The molecule has 128 valence electrons. The second kappa shape index (κ2) is 7.21. The first-order valence-electron chi connectivity index (χ1n) is 8.24. The SMILES string of the molecule is CCCc1c(Cn2ccnc2-c2ccccn2)ncc(=N)n1C(C)=N. The van der Waals surface area contributed by atoms with Crippen LogP contribution in [0.1, 0.15) is 31.7 Å². The molecule has 0 atom stereocenters. The summed E-state index contributed by atoms with van der Waals surface area (Å²) >= 11 is 0. The molecule has 0 fully saturated rings. The number of nitrogens with one attached hydrogen (secondary N) is 2. The molecule has 0 bridgehead atoms. The van der Waals surface area contributed by atoms with E-state index in [2.05, 4.69) is 21.9 Å². The average Bonchev–Trinajstić information content (AvgIpc) is 3.06. The number of nitrogens with zero attached hydrogens (tertiary/aromatic N) is 5. The van der Waals surface area contributed by atoms with Crippen molar-refractivity contribution in [2.75, 3.05) is 0 Å². The summed E-state index contributed by atoms with van der Waals surface area (Å²) in [5.74, 6) is 1.10. The van der Waals surface area contributed by atoms with Crippen LogP contribution in [-0.4, -0.2) is 29.9 Å². The van der Waals surface area contributed by atoms with E-state index in [4.69, 9.17) is 10.8 Å². The van der Waals surface area contributed by atoms with Gasteiger partial charge < -0.3 is 4.57 Å². The molecule has 3 aromatic heterocycles. The summed E-state index contributed by atoms with van der Waals surface area (Å²) in [4.78, 5) is 13.3. The smallest absolute Gasteiger partial charge is 0.158 e. The zero-order chi connectivity index (χ0) is 17.8. The van der Waals surface area contributed by atoms with Gasteiger partial charge in [-0.1, -0.05) is 19.4 Å². The van der Waals surface area contributed by atoms with Gasteiger partial charge in [-0.25, -0.2) is 4.98 Å². The Hall–Kier alpha value is -3.09. The minimum absolute atomic E-state index is 0.232. The summed E-state index contributed by atoms with van der Waals surface area (Å²) in [7, 11) is 0. The van der Waals surface area contributed by atoms with Crippen molar-refractivity contribution in [3.8, 4) is 11.5 Å². The topological polar surface area (TPSA) is 96.2 Å². The first-order chi connectivity index (χ1) is 12.1. The van der Waals surface area contributed by atoms with Crippen LogP contribution in [0.25, 0.3) is 11.5 Å². The van der Waals surface area contributed by atoms with Crippen LogP contribution in [0, 0.1) is 10.8 Å². The molecule has 0 aromatic carbocycles. The first-order valence-corrected chi connectivity index (χ1v) is 8.24. The normalized spacial score (nSPS) is 10.8. The van der Waals surface area contributed by atoms with E-state index in [9.17, 15) is 0 Å². The molecule has 0 aliphatic rings. The molecule has 0 aliphatic heterocycles. The highest BCUT2D eigenvalue weighted by Gasteiger charge is 2.14. The molecule has 7 nitrogen and oxygen atoms in total. The number of rotatable bonds is 5. The zero-order valence-corrected chi connectivity index (χ0v) is 14.4. The summed E-state index contributed by atoms with van der Waals surface area (Å²) in [6, 6.07) is 5.73. The van der Waals surface area contributed by atoms with E-state index >= 15 is 0 Å². The Kier molecular flexibility index (Phi) is 4.83. The van der Waals surface area contributed by atoms with E-state index in [1.54, 1.807) is 23.9 Å². The second-order valence-corrected chi connectivity index (χ2v) is 5.80. The van der Waals surface area contributed by atoms with E-state index in [0.29, 0.717) is 12.4 Å². The molecule has 7 heteroatoms. The van der Waals surface area contributed by atoms with Crippen molar-refractivity contribution in [1.29, 1.82) is 10.8 Å². The van der Waals surface area contributed by atoms with Crippen LogP contribution in [0.4, 0.5) is 0 Å². The van der Waals surface area contributed by atoms with E-state index in [1.165, 1.54) is 6.20 Å². The van der Waals surface area contributed by atoms with Crippen molar-refractivity contribution in [2.45, 2.75) is 33.2 Å². The fourth-order valence-electron chi connectivity index (χ4n) is 2.88. The number of hydrogen-bond acceptors (Lipinski definition) is 5. The number of hydrogen-bond donors (Lipinski definition) is 2. The maximum absolute atomic E-state index is 8.07. The Morgan fingerprint density at radius 2 is 2.00 bits per heavy atom. The number of pyridine rings is 1. The fraction of sp³-hybridized carbons (Fsp3) is 0.278. The molecule has 0 saturated carbocycles. The Morgan fingerprint density at radius 3 is 2.68 bits per heavy atom. The monoisotopic (exact) mass is 335 g/mol. The van der Waals surface area contributed by atoms with Gasteiger partial charge in [0.1, 0.15) is 17.0 Å². The predicted molar refractivity (Wildman–Crippen MR) is 95.4 cm³/mol. The zero-order valence-electron chi connectivity index (χ0n) is 14.4. The predicted octanol–water partition coefficient (Wildman–Crippen LogP) is 2.47. The maximum Gasteiger partial charge on any atom is 0.158 e. The lowest BCUT2D eigenvalue weighted by Crippen LogP contribution is -2.30. The third-order valence-corrected chi connectivity index (χ3v) is 3.94. The fourth-order valence-corrected chi connectivity index (χ4v) is 2.88. The molecule has 0 amide bonds. The van der Waals surface area contributed by atoms with Crippen LogP contribution in [0.3, 0.4) is 0 Å². The lowest BCUT2D eigenvalue weighted by atomic mass is 10.1. The molecule has 25 heavy (non-hydrogen) atoms. The first kappa shape index (κ1) is 16.8. The second-order valence-electron chi connectivity index (χ2n) is 5.80. The van der Waals surface area contributed by atoms with Gasteiger partial charge in [0.05, 0.1) is 18.4 Å². The highest BCUT2D eigenvalue weighted by Crippen LogP contribution is 2.17. The van der Waals surface area contributed by atoms with E-state index in [-0.39, 0.29) is 5.49 Å². The molecule has 0 spiro atoms. The van der Waals surface area contributed by atoms with Gasteiger partial charge in [0, 0.05) is 24.3 Å². The van der Waals surface area contributed by atoms with Gasteiger partial charge >= 0.3 is 0 Å². The number of aromatic nitrogens is 5. The van der Waals surface area contributed by atoms with Crippen LogP contribution >= 0.6 is 0 Å². The van der Waals surface area contributed by atoms with Gasteiger partial charge in [-0.2, -0.15) is 0 Å². The molecular weight excluding hydrogens is 314 g/mol. The molecule has 2 N–H and O–H groups in total. The molecule has 0 unspecified atom stereocenters. The van der Waals surface area contributed by atoms with Gasteiger partial charge in [0.15, 0.2) is 5.82 Å². The highest BCUT2D eigenvalue weighted by atomic mass is 15.1. The van der Waals surface area contributed by atoms with Crippen molar-refractivity contribution in [3.63, 3.8) is 0 Å². The van der Waals surface area contributed by atoms with Gasteiger partial charge in [-0.05, 0) is 25.5 Å². The van der Waals surface area contributed by atoms with Gasteiger partial charge in [0.25, 0.3) is 0 Å². The molecule has 3 heterocycles. The van der Waals surface area contributed by atoms with Crippen molar-refractivity contribution < 1.29 is 0 Å². The summed E-state index contributed by atoms with van der Waals surface area (Å²) in [5, 5.41) is 16.1. The van der Waals surface area contributed by atoms with Crippen molar-refractivity contribution in [3.05, 3.63) is 59.9 Å². The molecular formula is C18H21N7. The Balaban J connectivity index is 2.05. The summed E-state index contributed by atoms with van der Waals surface area (Å²) < 4.78 is 3.65. The minimum Gasteiger partial charge on any atom is -0.324 e. The van der Waals surface area contributed by atoms with E-state index in [1.807, 2.05) is 29.0 Å². The van der Waals surface area contributed by atoms with Crippen molar-refractivity contribution >= 4 is 5.84 Å². The van der Waals surface area contributed by atoms with Crippen molar-refractivity contribution in [1.82, 2.24) is 24.1 Å². The lowest BCUT2D eigenvalue weighted by molar-refractivity contribution is 0.707. The van der Waals surface area contributed by atoms with E-state index in [0.717, 1.165) is 35.7 Å². The largest absolute Gasteiger partial charge is 0.324 e. The number of imidazole rings is 1. The third-order valence-electron chi connectivity index (χ3n) is 3.94. The highest BCUT2D eigenvalue weighted by molar-refractivity contribution is 5.79. The minimum atomic E-state index is 0.232. The van der Waals surface area contributed by atoms with Crippen LogP contribution in [0.2, 0.25) is 0 Å². The average molecular weight is 335 g/mol. The van der Waals surface area contributed by atoms with Crippen LogP contribution in [0.15, 0.2) is 43.0 Å². The Labute approximate surface area is 146 Å². The summed E-state index contributed by atoms with van der Waals surface area (Å²) in [6.45, 7) is 4.30. The third kappa shape index (κ3) is 3.40. The van der Waals surface area contributed by atoms with Gasteiger partial charge in [-0.15, -0.1) is 0 Å². The van der Waals surface area contributed by atoms with Crippen LogP contribution in [-0.2, 0) is 13.0 Å². The van der Waals surface area contributed by atoms with Crippen molar-refractivity contribution in [2.24, 2.45) is 0 Å². The van der Waals surface area contributed by atoms with E-state index < -0.39 is 0 Å². The van der Waals surface area contributed by atoms with Crippen LogP contribution in [0.5, 0.6) is 0 Å². The Morgan fingerprint density at radius 1 is 1.16 bits per heavy atom. The maximum atomic E-state index is 8.07. The molecule has 3 rings (SSSR count).